The van der Waals surface area contributed by atoms with E-state index in [1.807, 2.05) is 18.7 Å². The van der Waals surface area contributed by atoms with Crippen molar-refractivity contribution in [3.63, 3.8) is 0 Å². The first kappa shape index (κ1) is 13.4. The van der Waals surface area contributed by atoms with Crippen LogP contribution in [-0.4, -0.2) is 47.1 Å². The van der Waals surface area contributed by atoms with Gasteiger partial charge in [0.05, 0.1) is 0 Å². The van der Waals surface area contributed by atoms with Crippen LogP contribution in [-0.2, 0) is 4.79 Å². The van der Waals surface area contributed by atoms with Crippen LogP contribution in [0.15, 0.2) is 4.52 Å². The molecule has 1 aromatic heterocycles. The summed E-state index contributed by atoms with van der Waals surface area (Å²) < 4.78 is 5.34. The van der Waals surface area contributed by atoms with Crippen molar-refractivity contribution >= 4 is 11.9 Å². The quantitative estimate of drug-likeness (QED) is 0.841. The van der Waals surface area contributed by atoms with Gasteiger partial charge in [0.1, 0.15) is 0 Å². The smallest absolute Gasteiger partial charge is 0.324 e. The molecule has 1 amide bonds. The van der Waals surface area contributed by atoms with Crippen molar-refractivity contribution in [1.29, 1.82) is 0 Å². The Kier molecular flexibility index (Phi) is 3.63. The molecule has 0 aromatic carbocycles. The van der Waals surface area contributed by atoms with Gasteiger partial charge in [-0.2, -0.15) is 4.98 Å². The maximum Gasteiger partial charge on any atom is 0.324 e. The Bertz CT molecular complexity index is 481. The monoisotopic (exact) mass is 278 g/mol. The fourth-order valence-corrected chi connectivity index (χ4v) is 2.51. The van der Waals surface area contributed by atoms with E-state index >= 15 is 0 Å². The molecular formula is C14H22N4O2. The van der Waals surface area contributed by atoms with E-state index in [9.17, 15) is 4.79 Å². The number of nitrogens with zero attached hydrogens (tertiary/aromatic N) is 4. The van der Waals surface area contributed by atoms with Gasteiger partial charge >= 0.3 is 6.01 Å². The largest absolute Gasteiger partial charge is 0.341 e. The van der Waals surface area contributed by atoms with E-state index in [4.69, 9.17) is 4.52 Å². The molecule has 3 rings (SSSR count). The first-order valence-corrected chi connectivity index (χ1v) is 7.52. The zero-order valence-electron chi connectivity index (χ0n) is 12.2. The standard InChI is InChI=1S/C14H22N4O2/c1-10(2)12-15-14(20-16-12)18-7-3-6-17(8-9-18)13(19)11-4-5-11/h10-11H,3-9H2,1-2H3. The van der Waals surface area contributed by atoms with E-state index < -0.39 is 0 Å². The van der Waals surface area contributed by atoms with Crippen LogP contribution in [0, 0.1) is 5.92 Å². The third kappa shape index (κ3) is 2.78. The number of amides is 1. The topological polar surface area (TPSA) is 62.5 Å². The van der Waals surface area contributed by atoms with Crippen molar-refractivity contribution in [3.8, 4) is 0 Å². The highest BCUT2D eigenvalue weighted by molar-refractivity contribution is 5.81. The number of hydrogen-bond donors (Lipinski definition) is 0. The molecule has 2 aliphatic rings. The molecule has 0 spiro atoms. The van der Waals surface area contributed by atoms with Crippen LogP contribution >= 0.6 is 0 Å². The second-order valence-corrected chi connectivity index (χ2v) is 6.03. The maximum absolute atomic E-state index is 12.1. The lowest BCUT2D eigenvalue weighted by Crippen LogP contribution is -2.36. The molecule has 1 aromatic rings. The van der Waals surface area contributed by atoms with Gasteiger partial charge in [-0.1, -0.05) is 19.0 Å². The van der Waals surface area contributed by atoms with Crippen LogP contribution in [0.25, 0.3) is 0 Å². The SMILES string of the molecule is CC(C)c1noc(N2CCCN(C(=O)C3CC3)CC2)n1. The van der Waals surface area contributed by atoms with E-state index in [0.717, 1.165) is 51.3 Å². The Morgan fingerprint density at radius 3 is 2.70 bits per heavy atom. The van der Waals surface area contributed by atoms with Gasteiger partial charge in [-0.3, -0.25) is 4.79 Å². The second kappa shape index (κ2) is 5.42. The Morgan fingerprint density at radius 2 is 2.05 bits per heavy atom. The van der Waals surface area contributed by atoms with Gasteiger partial charge in [0.2, 0.25) is 5.91 Å². The van der Waals surface area contributed by atoms with Gasteiger partial charge in [0.15, 0.2) is 5.82 Å². The lowest BCUT2D eigenvalue weighted by Gasteiger charge is -2.20. The van der Waals surface area contributed by atoms with Gasteiger partial charge in [-0.05, 0) is 19.3 Å². The summed E-state index contributed by atoms with van der Waals surface area (Å²) in [6.07, 6.45) is 3.10. The number of hydrogen-bond acceptors (Lipinski definition) is 5. The summed E-state index contributed by atoms with van der Waals surface area (Å²) in [5.41, 5.74) is 0. The van der Waals surface area contributed by atoms with E-state index in [2.05, 4.69) is 15.0 Å². The fraction of sp³-hybridized carbons (Fsp3) is 0.786. The number of carbonyl (C=O) groups excluding carboxylic acids is 1. The summed E-state index contributed by atoms with van der Waals surface area (Å²) in [5, 5.41) is 4.01. The molecule has 2 fully saturated rings. The molecule has 0 atom stereocenters. The van der Waals surface area contributed by atoms with E-state index in [0.29, 0.717) is 17.8 Å². The Morgan fingerprint density at radius 1 is 1.25 bits per heavy atom. The molecule has 110 valence electrons. The van der Waals surface area contributed by atoms with Gasteiger partial charge < -0.3 is 14.3 Å². The molecular weight excluding hydrogens is 256 g/mol. The van der Waals surface area contributed by atoms with Crippen LogP contribution in [0.4, 0.5) is 6.01 Å². The van der Waals surface area contributed by atoms with Gasteiger partial charge in [0, 0.05) is 38.0 Å². The lowest BCUT2D eigenvalue weighted by atomic mass is 10.2. The van der Waals surface area contributed by atoms with Crippen LogP contribution < -0.4 is 4.90 Å². The minimum Gasteiger partial charge on any atom is -0.341 e. The molecule has 6 heteroatoms. The summed E-state index contributed by atoms with van der Waals surface area (Å²) in [7, 11) is 0. The summed E-state index contributed by atoms with van der Waals surface area (Å²) in [6.45, 7) is 7.35. The molecule has 0 N–H and O–H groups in total. The molecule has 0 bridgehead atoms. The molecule has 1 aliphatic carbocycles. The molecule has 1 saturated heterocycles. The average molecular weight is 278 g/mol. The molecule has 1 saturated carbocycles. The molecule has 0 radical (unpaired) electrons. The first-order valence-electron chi connectivity index (χ1n) is 7.52. The summed E-state index contributed by atoms with van der Waals surface area (Å²) in [5.74, 6) is 1.65. The van der Waals surface area contributed by atoms with E-state index in [1.165, 1.54) is 0 Å². The number of aromatic nitrogens is 2. The maximum atomic E-state index is 12.1. The summed E-state index contributed by atoms with van der Waals surface area (Å²) in [4.78, 5) is 20.6. The Hall–Kier alpha value is -1.59. The minimum absolute atomic E-state index is 0.271. The predicted octanol–water partition coefficient (Wildman–Crippen LogP) is 1.64. The van der Waals surface area contributed by atoms with Crippen molar-refractivity contribution in [1.82, 2.24) is 15.0 Å². The summed E-state index contributed by atoms with van der Waals surface area (Å²) in [6, 6.07) is 0.592. The number of anilines is 1. The number of carbonyl (C=O) groups is 1. The fourth-order valence-electron chi connectivity index (χ4n) is 2.51. The first-order chi connectivity index (χ1) is 9.65. The van der Waals surface area contributed by atoms with E-state index in [-0.39, 0.29) is 5.92 Å². The van der Waals surface area contributed by atoms with Crippen LogP contribution in [0.2, 0.25) is 0 Å². The summed E-state index contributed by atoms with van der Waals surface area (Å²) >= 11 is 0. The van der Waals surface area contributed by atoms with Gasteiger partial charge in [-0.15, -0.1) is 0 Å². The van der Waals surface area contributed by atoms with Crippen LogP contribution in [0.1, 0.15) is 44.9 Å². The van der Waals surface area contributed by atoms with Gasteiger partial charge in [-0.25, -0.2) is 0 Å². The van der Waals surface area contributed by atoms with Gasteiger partial charge in [0.25, 0.3) is 0 Å². The molecule has 1 aliphatic heterocycles. The van der Waals surface area contributed by atoms with Crippen molar-refractivity contribution in [3.05, 3.63) is 5.82 Å². The highest BCUT2D eigenvalue weighted by atomic mass is 16.5. The number of rotatable bonds is 3. The second-order valence-electron chi connectivity index (χ2n) is 6.03. The van der Waals surface area contributed by atoms with Crippen molar-refractivity contribution in [2.75, 3.05) is 31.1 Å². The third-order valence-electron chi connectivity index (χ3n) is 3.95. The molecule has 20 heavy (non-hydrogen) atoms. The van der Waals surface area contributed by atoms with Crippen molar-refractivity contribution in [2.45, 2.75) is 39.0 Å². The molecule has 6 nitrogen and oxygen atoms in total. The van der Waals surface area contributed by atoms with Crippen LogP contribution in [0.5, 0.6) is 0 Å². The molecule has 2 heterocycles. The van der Waals surface area contributed by atoms with Crippen molar-refractivity contribution < 1.29 is 9.32 Å². The Labute approximate surface area is 119 Å². The Balaban J connectivity index is 1.62. The van der Waals surface area contributed by atoms with Crippen molar-refractivity contribution in [2.24, 2.45) is 5.92 Å². The lowest BCUT2D eigenvalue weighted by molar-refractivity contribution is -0.132. The average Bonchev–Trinajstić information content (AvgIpc) is 3.20. The predicted molar refractivity (Wildman–Crippen MR) is 74.5 cm³/mol. The van der Waals surface area contributed by atoms with Crippen LogP contribution in [0.3, 0.4) is 0 Å². The molecule has 0 unspecified atom stereocenters. The van der Waals surface area contributed by atoms with E-state index in [1.54, 1.807) is 0 Å². The minimum atomic E-state index is 0.271. The normalized spacial score (nSPS) is 20.4. The zero-order valence-corrected chi connectivity index (χ0v) is 12.2. The third-order valence-corrected chi connectivity index (χ3v) is 3.95. The highest BCUT2D eigenvalue weighted by Crippen LogP contribution is 2.31. The highest BCUT2D eigenvalue weighted by Gasteiger charge is 2.34. The zero-order chi connectivity index (χ0) is 14.1.